The van der Waals surface area contributed by atoms with Crippen LogP contribution in [-0.2, 0) is 16.4 Å². The van der Waals surface area contributed by atoms with Gasteiger partial charge in [-0.25, -0.2) is 12.8 Å². The third-order valence-corrected chi connectivity index (χ3v) is 4.35. The molecule has 0 saturated carbocycles. The lowest BCUT2D eigenvalue weighted by atomic mass is 10.2. The Kier molecular flexibility index (Phi) is 4.39. The van der Waals surface area contributed by atoms with Crippen LogP contribution in [-0.4, -0.2) is 14.7 Å². The number of nitrogens with one attached hydrogen (secondary N) is 1. The molecule has 0 aromatic heterocycles. The van der Waals surface area contributed by atoms with Gasteiger partial charge in [0.15, 0.2) is 9.84 Å². The summed E-state index contributed by atoms with van der Waals surface area (Å²) in [6, 6.07) is 8.99. The van der Waals surface area contributed by atoms with Crippen LogP contribution in [0.15, 0.2) is 41.3 Å². The number of hydrogen-bond donors (Lipinski definition) is 2. The quantitative estimate of drug-likeness (QED) is 0.846. The number of nitrogens with two attached hydrogens (primary N) is 1. The maximum absolute atomic E-state index is 13.4. The minimum Gasteiger partial charge on any atom is -0.397 e. The second-order valence-electron chi connectivity index (χ2n) is 4.62. The van der Waals surface area contributed by atoms with Gasteiger partial charge in [0.2, 0.25) is 0 Å². The molecule has 21 heavy (non-hydrogen) atoms. The molecular weight excluding hydrogens is 315 g/mol. The highest BCUT2D eigenvalue weighted by molar-refractivity contribution is 7.90. The summed E-state index contributed by atoms with van der Waals surface area (Å²) in [7, 11) is -3.21. The average Bonchev–Trinajstić information content (AvgIpc) is 2.41. The highest BCUT2D eigenvalue weighted by Gasteiger charge is 2.08. The van der Waals surface area contributed by atoms with Gasteiger partial charge < -0.3 is 11.1 Å². The highest BCUT2D eigenvalue weighted by atomic mass is 35.5. The predicted octanol–water partition coefficient (Wildman–Crippen LogP) is 3.08. The maximum atomic E-state index is 13.4. The molecule has 0 amide bonds. The average molecular weight is 329 g/mol. The Hall–Kier alpha value is -1.79. The Morgan fingerprint density at radius 1 is 1.24 bits per heavy atom. The first-order valence-corrected chi connectivity index (χ1v) is 8.31. The van der Waals surface area contributed by atoms with Gasteiger partial charge in [0.25, 0.3) is 0 Å². The van der Waals surface area contributed by atoms with Crippen molar-refractivity contribution < 1.29 is 12.8 Å². The molecule has 0 radical (unpaired) electrons. The van der Waals surface area contributed by atoms with E-state index in [1.165, 1.54) is 24.3 Å². The summed E-state index contributed by atoms with van der Waals surface area (Å²) in [5, 5.41) is 2.95. The number of hydrogen-bond acceptors (Lipinski definition) is 4. The standard InChI is InChI=1S/C14H14ClFN2O2S/c1-21(19,20)10-4-2-9(3-5-10)8-18-14-7-12(16)11(15)6-13(14)17/h2-7,18H,8,17H2,1H3. The molecule has 3 N–H and O–H groups in total. The van der Waals surface area contributed by atoms with Crippen molar-refractivity contribution >= 4 is 32.8 Å². The summed E-state index contributed by atoms with van der Waals surface area (Å²) in [5.41, 5.74) is 7.36. The van der Waals surface area contributed by atoms with Gasteiger partial charge in [-0.15, -0.1) is 0 Å². The van der Waals surface area contributed by atoms with Crippen molar-refractivity contribution in [1.82, 2.24) is 0 Å². The van der Waals surface area contributed by atoms with E-state index in [2.05, 4.69) is 5.32 Å². The van der Waals surface area contributed by atoms with E-state index in [1.807, 2.05) is 0 Å². The maximum Gasteiger partial charge on any atom is 0.175 e. The fourth-order valence-corrected chi connectivity index (χ4v) is 2.57. The lowest BCUT2D eigenvalue weighted by Crippen LogP contribution is -2.04. The molecule has 7 heteroatoms. The minimum atomic E-state index is -3.21. The van der Waals surface area contributed by atoms with E-state index in [0.29, 0.717) is 17.9 Å². The van der Waals surface area contributed by atoms with Crippen molar-refractivity contribution in [3.63, 3.8) is 0 Å². The largest absolute Gasteiger partial charge is 0.397 e. The van der Waals surface area contributed by atoms with Gasteiger partial charge in [-0.1, -0.05) is 23.7 Å². The van der Waals surface area contributed by atoms with Gasteiger partial charge in [-0.05, 0) is 23.8 Å². The fourth-order valence-electron chi connectivity index (χ4n) is 1.77. The predicted molar refractivity (Wildman–Crippen MR) is 82.7 cm³/mol. The molecule has 0 spiro atoms. The van der Waals surface area contributed by atoms with Gasteiger partial charge in [0.05, 0.1) is 21.3 Å². The van der Waals surface area contributed by atoms with E-state index < -0.39 is 15.7 Å². The van der Waals surface area contributed by atoms with Crippen molar-refractivity contribution in [3.05, 3.63) is 52.8 Å². The Labute approximate surface area is 127 Å². The van der Waals surface area contributed by atoms with E-state index in [4.69, 9.17) is 17.3 Å². The molecular formula is C14H14ClFN2O2S. The molecule has 0 aliphatic rings. The number of anilines is 2. The van der Waals surface area contributed by atoms with Crippen molar-refractivity contribution in [2.24, 2.45) is 0 Å². The normalized spacial score (nSPS) is 11.4. The zero-order valence-corrected chi connectivity index (χ0v) is 12.8. The zero-order valence-electron chi connectivity index (χ0n) is 11.2. The second-order valence-corrected chi connectivity index (χ2v) is 7.05. The Morgan fingerprint density at radius 2 is 1.86 bits per heavy atom. The monoisotopic (exact) mass is 328 g/mol. The van der Waals surface area contributed by atoms with Crippen LogP contribution in [0.5, 0.6) is 0 Å². The third-order valence-electron chi connectivity index (χ3n) is 2.93. The van der Waals surface area contributed by atoms with Crippen molar-refractivity contribution in [1.29, 1.82) is 0 Å². The molecule has 0 saturated heterocycles. The topological polar surface area (TPSA) is 72.2 Å². The fraction of sp³-hybridized carbons (Fsp3) is 0.143. The first-order valence-electron chi connectivity index (χ1n) is 6.05. The van der Waals surface area contributed by atoms with Gasteiger partial charge in [0.1, 0.15) is 5.82 Å². The van der Waals surface area contributed by atoms with Crippen LogP contribution < -0.4 is 11.1 Å². The lowest BCUT2D eigenvalue weighted by molar-refractivity contribution is 0.602. The van der Waals surface area contributed by atoms with E-state index in [-0.39, 0.29) is 9.92 Å². The summed E-state index contributed by atoms with van der Waals surface area (Å²) in [5.74, 6) is -0.555. The zero-order chi connectivity index (χ0) is 15.6. The molecule has 0 heterocycles. The van der Waals surface area contributed by atoms with Crippen LogP contribution in [0, 0.1) is 5.82 Å². The molecule has 4 nitrogen and oxygen atoms in total. The second kappa shape index (κ2) is 5.91. The van der Waals surface area contributed by atoms with Crippen molar-refractivity contribution in [2.75, 3.05) is 17.3 Å². The number of benzene rings is 2. The Bertz CT molecular complexity index is 761. The molecule has 0 atom stereocenters. The van der Waals surface area contributed by atoms with Gasteiger partial charge >= 0.3 is 0 Å². The smallest absolute Gasteiger partial charge is 0.175 e. The third kappa shape index (κ3) is 3.86. The summed E-state index contributed by atoms with van der Waals surface area (Å²) in [6.45, 7) is 0.384. The molecule has 0 aliphatic heterocycles. The van der Waals surface area contributed by atoms with E-state index in [1.54, 1.807) is 12.1 Å². The molecule has 2 rings (SSSR count). The molecule has 0 fully saturated rings. The summed E-state index contributed by atoms with van der Waals surface area (Å²) < 4.78 is 36.1. The number of halogens is 2. The van der Waals surface area contributed by atoms with Crippen LogP contribution in [0.4, 0.5) is 15.8 Å². The summed E-state index contributed by atoms with van der Waals surface area (Å²) >= 11 is 5.62. The molecule has 112 valence electrons. The Balaban J connectivity index is 2.12. The van der Waals surface area contributed by atoms with Crippen molar-refractivity contribution in [2.45, 2.75) is 11.4 Å². The molecule has 0 aliphatic carbocycles. The summed E-state index contributed by atoms with van der Waals surface area (Å²) in [4.78, 5) is 0.253. The molecule has 0 bridgehead atoms. The van der Waals surface area contributed by atoms with Gasteiger partial charge in [0, 0.05) is 18.9 Å². The number of nitrogen functional groups attached to an aromatic ring is 1. The lowest BCUT2D eigenvalue weighted by Gasteiger charge is -2.10. The van der Waals surface area contributed by atoms with Crippen LogP contribution in [0.3, 0.4) is 0 Å². The first-order chi connectivity index (χ1) is 9.77. The van der Waals surface area contributed by atoms with Gasteiger partial charge in [-0.3, -0.25) is 0 Å². The highest BCUT2D eigenvalue weighted by Crippen LogP contribution is 2.26. The van der Waals surface area contributed by atoms with Crippen LogP contribution in [0.25, 0.3) is 0 Å². The van der Waals surface area contributed by atoms with E-state index >= 15 is 0 Å². The SMILES string of the molecule is CS(=O)(=O)c1ccc(CNc2cc(F)c(Cl)cc2N)cc1. The van der Waals surface area contributed by atoms with E-state index in [0.717, 1.165) is 11.8 Å². The molecule has 2 aromatic rings. The van der Waals surface area contributed by atoms with Crippen LogP contribution in [0.1, 0.15) is 5.56 Å². The van der Waals surface area contributed by atoms with Crippen molar-refractivity contribution in [3.8, 4) is 0 Å². The first kappa shape index (κ1) is 15.6. The molecule has 0 unspecified atom stereocenters. The van der Waals surface area contributed by atoms with Crippen LogP contribution in [0.2, 0.25) is 5.02 Å². The number of sulfone groups is 1. The van der Waals surface area contributed by atoms with Crippen LogP contribution >= 0.6 is 11.6 Å². The minimum absolute atomic E-state index is 0.0319. The summed E-state index contributed by atoms with van der Waals surface area (Å²) in [6.07, 6.45) is 1.15. The number of rotatable bonds is 4. The Morgan fingerprint density at radius 3 is 2.43 bits per heavy atom. The molecule has 2 aromatic carbocycles. The van der Waals surface area contributed by atoms with E-state index in [9.17, 15) is 12.8 Å². The van der Waals surface area contributed by atoms with Gasteiger partial charge in [-0.2, -0.15) is 0 Å².